The van der Waals surface area contributed by atoms with Crippen molar-refractivity contribution in [3.63, 3.8) is 0 Å². The van der Waals surface area contributed by atoms with Crippen LogP contribution in [0, 0.1) is 5.92 Å². The SMILES string of the molecule is O=CN1C=Cc2ccccc2C1C1CC1. The number of nitrogens with zero attached hydrogens (tertiary/aromatic N) is 1. The number of fused-ring (bicyclic) bond motifs is 1. The third kappa shape index (κ3) is 1.37. The van der Waals surface area contributed by atoms with Crippen LogP contribution in [-0.2, 0) is 4.79 Å². The summed E-state index contributed by atoms with van der Waals surface area (Å²) < 4.78 is 0. The van der Waals surface area contributed by atoms with Crippen LogP contribution in [0.25, 0.3) is 6.08 Å². The number of benzene rings is 1. The highest BCUT2D eigenvalue weighted by Gasteiger charge is 2.37. The molecule has 76 valence electrons. The molecule has 1 aliphatic carbocycles. The van der Waals surface area contributed by atoms with Crippen molar-refractivity contribution in [2.75, 3.05) is 0 Å². The molecular weight excluding hydrogens is 186 g/mol. The van der Waals surface area contributed by atoms with Gasteiger partial charge in [-0.25, -0.2) is 0 Å². The van der Waals surface area contributed by atoms with Crippen LogP contribution in [0.2, 0.25) is 0 Å². The number of rotatable bonds is 2. The molecule has 1 fully saturated rings. The Hall–Kier alpha value is -1.57. The average Bonchev–Trinajstić information content (AvgIpc) is 3.11. The zero-order chi connectivity index (χ0) is 10.3. The van der Waals surface area contributed by atoms with Gasteiger partial charge >= 0.3 is 0 Å². The fraction of sp³-hybridized carbons (Fsp3) is 0.308. The van der Waals surface area contributed by atoms with E-state index in [4.69, 9.17) is 0 Å². The first kappa shape index (κ1) is 8.72. The van der Waals surface area contributed by atoms with Gasteiger partial charge in [-0.05, 0) is 36.0 Å². The van der Waals surface area contributed by atoms with Gasteiger partial charge in [-0.3, -0.25) is 4.79 Å². The Balaban J connectivity index is 2.07. The van der Waals surface area contributed by atoms with Gasteiger partial charge in [0.2, 0.25) is 6.41 Å². The summed E-state index contributed by atoms with van der Waals surface area (Å²) >= 11 is 0. The summed E-state index contributed by atoms with van der Waals surface area (Å²) in [6.45, 7) is 0. The van der Waals surface area contributed by atoms with Crippen molar-refractivity contribution in [3.8, 4) is 0 Å². The van der Waals surface area contributed by atoms with Crippen molar-refractivity contribution in [2.45, 2.75) is 18.9 Å². The summed E-state index contributed by atoms with van der Waals surface area (Å²) in [5, 5.41) is 0. The molecule has 0 N–H and O–H groups in total. The lowest BCUT2D eigenvalue weighted by Gasteiger charge is -2.30. The Morgan fingerprint density at radius 2 is 2.07 bits per heavy atom. The highest BCUT2D eigenvalue weighted by Crippen LogP contribution is 2.46. The summed E-state index contributed by atoms with van der Waals surface area (Å²) in [6, 6.07) is 8.63. The van der Waals surface area contributed by atoms with E-state index < -0.39 is 0 Å². The zero-order valence-electron chi connectivity index (χ0n) is 8.47. The van der Waals surface area contributed by atoms with Gasteiger partial charge in [0.15, 0.2) is 0 Å². The van der Waals surface area contributed by atoms with E-state index in [2.05, 4.69) is 18.2 Å². The molecule has 1 atom stereocenters. The van der Waals surface area contributed by atoms with Crippen LogP contribution in [-0.4, -0.2) is 11.3 Å². The standard InChI is InChI=1S/C13H13NO/c15-9-14-8-7-10-3-1-2-4-12(10)13(14)11-5-6-11/h1-4,7-9,11,13H,5-6H2. The zero-order valence-corrected chi connectivity index (χ0v) is 8.47. The summed E-state index contributed by atoms with van der Waals surface area (Å²) in [5.74, 6) is 0.668. The molecule has 1 heterocycles. The maximum Gasteiger partial charge on any atom is 0.214 e. The van der Waals surface area contributed by atoms with E-state index in [1.807, 2.05) is 18.3 Å². The number of hydrogen-bond acceptors (Lipinski definition) is 1. The van der Waals surface area contributed by atoms with Gasteiger partial charge in [-0.1, -0.05) is 24.3 Å². The van der Waals surface area contributed by atoms with E-state index in [9.17, 15) is 4.79 Å². The predicted molar refractivity (Wildman–Crippen MR) is 58.8 cm³/mol. The summed E-state index contributed by atoms with van der Waals surface area (Å²) in [5.41, 5.74) is 2.56. The first-order valence-corrected chi connectivity index (χ1v) is 5.40. The Morgan fingerprint density at radius 1 is 1.27 bits per heavy atom. The maximum atomic E-state index is 11.0. The van der Waals surface area contributed by atoms with E-state index in [-0.39, 0.29) is 6.04 Å². The van der Waals surface area contributed by atoms with E-state index in [1.54, 1.807) is 4.90 Å². The first-order chi connectivity index (χ1) is 7.40. The summed E-state index contributed by atoms with van der Waals surface area (Å²) in [7, 11) is 0. The molecule has 1 aromatic carbocycles. The quantitative estimate of drug-likeness (QED) is 0.670. The van der Waals surface area contributed by atoms with Gasteiger partial charge in [0.1, 0.15) is 0 Å². The van der Waals surface area contributed by atoms with Gasteiger partial charge in [0.25, 0.3) is 0 Å². The normalized spacial score (nSPS) is 23.7. The Labute approximate surface area is 89.2 Å². The van der Waals surface area contributed by atoms with Crippen LogP contribution in [0.3, 0.4) is 0 Å². The smallest absolute Gasteiger partial charge is 0.214 e. The second-order valence-electron chi connectivity index (χ2n) is 4.28. The monoisotopic (exact) mass is 199 g/mol. The van der Waals surface area contributed by atoms with E-state index >= 15 is 0 Å². The Kier molecular flexibility index (Phi) is 1.88. The van der Waals surface area contributed by atoms with Crippen molar-refractivity contribution >= 4 is 12.5 Å². The fourth-order valence-electron chi connectivity index (χ4n) is 2.36. The van der Waals surface area contributed by atoms with Crippen LogP contribution in [0.1, 0.15) is 30.0 Å². The lowest BCUT2D eigenvalue weighted by atomic mass is 9.93. The van der Waals surface area contributed by atoms with Gasteiger partial charge in [-0.2, -0.15) is 0 Å². The molecule has 0 aromatic heterocycles. The van der Waals surface area contributed by atoms with Crippen LogP contribution in [0.4, 0.5) is 0 Å². The summed E-state index contributed by atoms with van der Waals surface area (Å²) in [4.78, 5) is 12.8. The van der Waals surface area contributed by atoms with E-state index in [0.29, 0.717) is 5.92 Å². The second kappa shape index (κ2) is 3.23. The number of carbonyl (C=O) groups is 1. The van der Waals surface area contributed by atoms with Gasteiger partial charge < -0.3 is 4.90 Å². The minimum Gasteiger partial charge on any atom is -0.314 e. The Morgan fingerprint density at radius 3 is 2.80 bits per heavy atom. The predicted octanol–water partition coefficient (Wildman–Crippen LogP) is 2.58. The van der Waals surface area contributed by atoms with Crippen LogP contribution in [0.15, 0.2) is 30.5 Å². The van der Waals surface area contributed by atoms with Crippen molar-refractivity contribution in [1.29, 1.82) is 0 Å². The van der Waals surface area contributed by atoms with Crippen LogP contribution < -0.4 is 0 Å². The van der Waals surface area contributed by atoms with Crippen molar-refractivity contribution in [1.82, 2.24) is 4.90 Å². The lowest BCUT2D eigenvalue weighted by Crippen LogP contribution is -2.26. The molecule has 2 nitrogen and oxygen atoms in total. The minimum absolute atomic E-state index is 0.281. The summed E-state index contributed by atoms with van der Waals surface area (Å²) in [6.07, 6.45) is 7.35. The number of amides is 1. The molecule has 1 aliphatic heterocycles. The third-order valence-electron chi connectivity index (χ3n) is 3.25. The molecule has 1 aromatic rings. The van der Waals surface area contributed by atoms with E-state index in [0.717, 1.165) is 6.41 Å². The van der Waals surface area contributed by atoms with Crippen LogP contribution >= 0.6 is 0 Å². The molecule has 0 bridgehead atoms. The third-order valence-corrected chi connectivity index (χ3v) is 3.25. The van der Waals surface area contributed by atoms with E-state index in [1.165, 1.54) is 24.0 Å². The van der Waals surface area contributed by atoms with Gasteiger partial charge in [-0.15, -0.1) is 0 Å². The molecule has 15 heavy (non-hydrogen) atoms. The second-order valence-corrected chi connectivity index (χ2v) is 4.28. The van der Waals surface area contributed by atoms with Gasteiger partial charge in [0.05, 0.1) is 6.04 Å². The number of hydrogen-bond donors (Lipinski definition) is 0. The molecule has 3 rings (SSSR count). The topological polar surface area (TPSA) is 20.3 Å². The molecule has 0 saturated heterocycles. The van der Waals surface area contributed by atoms with Crippen molar-refractivity contribution in [3.05, 3.63) is 41.6 Å². The maximum absolute atomic E-state index is 11.0. The molecule has 1 saturated carbocycles. The lowest BCUT2D eigenvalue weighted by molar-refractivity contribution is -0.118. The van der Waals surface area contributed by atoms with Crippen molar-refractivity contribution in [2.24, 2.45) is 5.92 Å². The molecule has 0 spiro atoms. The fourth-order valence-corrected chi connectivity index (χ4v) is 2.36. The Bertz CT molecular complexity index is 420. The van der Waals surface area contributed by atoms with Crippen LogP contribution in [0.5, 0.6) is 0 Å². The molecule has 0 radical (unpaired) electrons. The average molecular weight is 199 g/mol. The minimum atomic E-state index is 0.281. The van der Waals surface area contributed by atoms with Gasteiger partial charge in [0, 0.05) is 6.20 Å². The first-order valence-electron chi connectivity index (χ1n) is 5.40. The largest absolute Gasteiger partial charge is 0.314 e. The molecule has 2 heteroatoms. The molecule has 1 unspecified atom stereocenters. The molecular formula is C13H13NO. The number of carbonyl (C=O) groups excluding carboxylic acids is 1. The highest BCUT2D eigenvalue weighted by atomic mass is 16.1. The molecule has 1 amide bonds. The molecule has 2 aliphatic rings. The highest BCUT2D eigenvalue weighted by molar-refractivity contribution is 5.63. The van der Waals surface area contributed by atoms with Crippen molar-refractivity contribution < 1.29 is 4.79 Å².